The summed E-state index contributed by atoms with van der Waals surface area (Å²) in [5.41, 5.74) is 9.50. The van der Waals surface area contributed by atoms with Crippen LogP contribution >= 0.6 is 0 Å². The van der Waals surface area contributed by atoms with Gasteiger partial charge in [-0.2, -0.15) is 0 Å². The molecule has 0 N–H and O–H groups in total. The second-order valence-electron chi connectivity index (χ2n) is 8.72. The molecule has 0 atom stereocenters. The van der Waals surface area contributed by atoms with Crippen molar-refractivity contribution in [2.24, 2.45) is 9.98 Å². The van der Waals surface area contributed by atoms with Crippen LogP contribution in [0.5, 0.6) is 0 Å². The Morgan fingerprint density at radius 1 is 0.533 bits per heavy atom. The Labute approximate surface area is 184 Å². The van der Waals surface area contributed by atoms with Crippen molar-refractivity contribution in [3.8, 4) is 0 Å². The summed E-state index contributed by atoms with van der Waals surface area (Å²) >= 11 is 0. The lowest BCUT2D eigenvalue weighted by atomic mass is 10.0. The van der Waals surface area contributed by atoms with Crippen molar-refractivity contribution in [2.75, 3.05) is 0 Å². The number of aryl methyl sites for hydroxylation is 4. The average Bonchev–Trinajstić information content (AvgIpc) is 2.66. The number of unbranched alkanes of at least 4 members (excludes halogenated alkanes) is 4. The van der Waals surface area contributed by atoms with Gasteiger partial charge in [0.2, 0.25) is 0 Å². The fraction of sp³-hybridized carbons (Fsp3) is 0.500. The number of hydrogen-bond acceptors (Lipinski definition) is 2. The van der Waals surface area contributed by atoms with E-state index < -0.39 is 0 Å². The zero-order valence-corrected chi connectivity index (χ0v) is 20.0. The summed E-state index contributed by atoms with van der Waals surface area (Å²) in [6, 6.07) is 13.2. The first kappa shape index (κ1) is 24.1. The smallest absolute Gasteiger partial charge is 0.0639 e. The molecule has 0 aliphatic rings. The van der Waals surface area contributed by atoms with Crippen LogP contribution < -0.4 is 0 Å². The largest absolute Gasteiger partial charge is 0.252 e. The molecule has 0 aliphatic heterocycles. The summed E-state index contributed by atoms with van der Waals surface area (Å²) in [7, 11) is 0. The zero-order valence-electron chi connectivity index (χ0n) is 20.0. The van der Waals surface area contributed by atoms with E-state index in [0.29, 0.717) is 0 Å². The first-order chi connectivity index (χ1) is 14.4. The summed E-state index contributed by atoms with van der Waals surface area (Å²) in [4.78, 5) is 10.3. The molecule has 2 aromatic carbocycles. The molecular formula is C28H40N2. The molecule has 0 unspecified atom stereocenters. The second kappa shape index (κ2) is 12.5. The van der Waals surface area contributed by atoms with Gasteiger partial charge in [0.15, 0.2) is 0 Å². The summed E-state index contributed by atoms with van der Waals surface area (Å²) in [6.07, 6.45) is 9.27. The van der Waals surface area contributed by atoms with Crippen LogP contribution in [0.4, 0.5) is 11.4 Å². The molecule has 0 spiro atoms. The molecule has 0 aromatic heterocycles. The molecule has 0 saturated heterocycles. The highest BCUT2D eigenvalue weighted by molar-refractivity contribution is 6.43. The van der Waals surface area contributed by atoms with Gasteiger partial charge in [-0.3, -0.25) is 9.98 Å². The molecule has 162 valence electrons. The van der Waals surface area contributed by atoms with Gasteiger partial charge in [-0.1, -0.05) is 51.7 Å². The van der Waals surface area contributed by atoms with Gasteiger partial charge in [0, 0.05) is 0 Å². The standard InChI is InChI=1S/C28H40N2/c1-7-9-11-12-14-28(30-26-19-23(5)16-24(6)20-26)27(13-10-8-2)29-25-17-21(3)15-22(4)18-25/h15-20H,7-14H2,1-6H3. The molecule has 2 nitrogen and oxygen atoms in total. The molecule has 2 heteroatoms. The van der Waals surface area contributed by atoms with Crippen LogP contribution in [-0.2, 0) is 0 Å². The molecule has 0 aliphatic carbocycles. The van der Waals surface area contributed by atoms with Gasteiger partial charge in [-0.25, -0.2) is 0 Å². The van der Waals surface area contributed by atoms with Gasteiger partial charge in [-0.05, 0) is 99.9 Å². The maximum atomic E-state index is 5.16. The van der Waals surface area contributed by atoms with Gasteiger partial charge in [0.05, 0.1) is 22.8 Å². The minimum atomic E-state index is 0.987. The van der Waals surface area contributed by atoms with Crippen molar-refractivity contribution in [3.63, 3.8) is 0 Å². The molecule has 2 aromatic rings. The summed E-state index contributed by atoms with van der Waals surface area (Å²) in [5, 5.41) is 0. The van der Waals surface area contributed by atoms with Crippen molar-refractivity contribution >= 4 is 22.8 Å². The van der Waals surface area contributed by atoms with E-state index in [2.05, 4.69) is 77.9 Å². The molecular weight excluding hydrogens is 364 g/mol. The van der Waals surface area contributed by atoms with Crippen LogP contribution in [0.1, 0.15) is 87.5 Å². The van der Waals surface area contributed by atoms with Gasteiger partial charge < -0.3 is 0 Å². The molecule has 0 amide bonds. The maximum Gasteiger partial charge on any atom is 0.0639 e. The third kappa shape index (κ3) is 8.26. The van der Waals surface area contributed by atoms with Crippen molar-refractivity contribution < 1.29 is 0 Å². The number of rotatable bonds is 11. The van der Waals surface area contributed by atoms with E-state index in [1.54, 1.807) is 0 Å². The second-order valence-corrected chi connectivity index (χ2v) is 8.72. The monoisotopic (exact) mass is 404 g/mol. The lowest BCUT2D eigenvalue weighted by Gasteiger charge is -2.12. The maximum absolute atomic E-state index is 5.16. The molecule has 0 heterocycles. The average molecular weight is 405 g/mol. The summed E-state index contributed by atoms with van der Waals surface area (Å²) in [5.74, 6) is 0. The highest BCUT2D eigenvalue weighted by atomic mass is 14.8. The van der Waals surface area contributed by atoms with Gasteiger partial charge in [-0.15, -0.1) is 0 Å². The van der Waals surface area contributed by atoms with E-state index in [0.717, 1.165) is 36.3 Å². The normalized spacial score (nSPS) is 12.5. The Hall–Kier alpha value is -2.22. The molecule has 30 heavy (non-hydrogen) atoms. The Bertz CT molecular complexity index is 834. The predicted octanol–water partition coefficient (Wildman–Crippen LogP) is 8.93. The topological polar surface area (TPSA) is 24.7 Å². The van der Waals surface area contributed by atoms with E-state index in [9.17, 15) is 0 Å². The SMILES string of the molecule is CCCCCCC(=Nc1cc(C)cc(C)c1)C(CCCC)=Nc1cc(C)cc(C)c1. The molecule has 2 rings (SSSR count). The number of hydrogen-bond donors (Lipinski definition) is 0. The Morgan fingerprint density at radius 2 is 0.933 bits per heavy atom. The van der Waals surface area contributed by atoms with Crippen LogP contribution in [0.3, 0.4) is 0 Å². The van der Waals surface area contributed by atoms with E-state index in [-0.39, 0.29) is 0 Å². The van der Waals surface area contributed by atoms with Crippen LogP contribution in [0.2, 0.25) is 0 Å². The third-order valence-electron chi connectivity index (χ3n) is 5.31. The third-order valence-corrected chi connectivity index (χ3v) is 5.31. The van der Waals surface area contributed by atoms with Gasteiger partial charge in [0.1, 0.15) is 0 Å². The molecule has 0 fully saturated rings. The van der Waals surface area contributed by atoms with E-state index >= 15 is 0 Å². The molecule has 0 radical (unpaired) electrons. The lowest BCUT2D eigenvalue weighted by Crippen LogP contribution is -2.14. The quantitative estimate of drug-likeness (QED) is 0.264. The molecule has 0 saturated carbocycles. The Morgan fingerprint density at radius 3 is 1.33 bits per heavy atom. The van der Waals surface area contributed by atoms with Crippen LogP contribution in [0.15, 0.2) is 46.4 Å². The van der Waals surface area contributed by atoms with Crippen molar-refractivity contribution in [1.29, 1.82) is 0 Å². The van der Waals surface area contributed by atoms with Crippen molar-refractivity contribution in [1.82, 2.24) is 0 Å². The van der Waals surface area contributed by atoms with Crippen LogP contribution in [0.25, 0.3) is 0 Å². The zero-order chi connectivity index (χ0) is 21.9. The summed E-state index contributed by atoms with van der Waals surface area (Å²) < 4.78 is 0. The predicted molar refractivity (Wildman–Crippen MR) is 134 cm³/mol. The number of nitrogens with zero attached hydrogens (tertiary/aromatic N) is 2. The van der Waals surface area contributed by atoms with Crippen LogP contribution in [-0.4, -0.2) is 11.4 Å². The number of benzene rings is 2. The van der Waals surface area contributed by atoms with Crippen LogP contribution in [0, 0.1) is 27.7 Å². The van der Waals surface area contributed by atoms with Crippen molar-refractivity contribution in [2.45, 2.75) is 92.9 Å². The molecule has 0 bridgehead atoms. The van der Waals surface area contributed by atoms with Gasteiger partial charge in [0.25, 0.3) is 0 Å². The number of aliphatic imine (C=N–C) groups is 2. The minimum Gasteiger partial charge on any atom is -0.252 e. The highest BCUT2D eigenvalue weighted by Crippen LogP contribution is 2.23. The van der Waals surface area contributed by atoms with E-state index in [4.69, 9.17) is 9.98 Å². The fourth-order valence-electron chi connectivity index (χ4n) is 3.93. The first-order valence-electron chi connectivity index (χ1n) is 11.7. The first-order valence-corrected chi connectivity index (χ1v) is 11.7. The lowest BCUT2D eigenvalue weighted by molar-refractivity contribution is 0.683. The minimum absolute atomic E-state index is 0.987. The van der Waals surface area contributed by atoms with E-state index in [1.165, 1.54) is 60.1 Å². The van der Waals surface area contributed by atoms with Gasteiger partial charge >= 0.3 is 0 Å². The Balaban J connectivity index is 2.47. The Kier molecular flexibility index (Phi) is 10.00. The fourth-order valence-corrected chi connectivity index (χ4v) is 3.93. The summed E-state index contributed by atoms with van der Waals surface area (Å²) in [6.45, 7) is 13.1. The highest BCUT2D eigenvalue weighted by Gasteiger charge is 2.11. The van der Waals surface area contributed by atoms with Crippen molar-refractivity contribution in [3.05, 3.63) is 58.7 Å². The van der Waals surface area contributed by atoms with E-state index in [1.807, 2.05) is 0 Å².